The monoisotopic (exact) mass is 800 g/mol. The molecule has 11 rings (SSSR count). The SMILES string of the molecule is CC(C)(C)c1ccc2c(c1)N(c1c3ccccc3c(-c3ccccc3)c3ccccc13)c1cc(C(C)(C)C)cc3c1B2c1ccc(N(c2ccccc2)c2ccccc2)cc1O3. The third-order valence-corrected chi connectivity index (χ3v) is 13.0. The van der Waals surface area contributed by atoms with E-state index in [9.17, 15) is 0 Å². The maximum Gasteiger partial charge on any atom is 0.256 e. The Kier molecular flexibility index (Phi) is 8.74. The van der Waals surface area contributed by atoms with Crippen molar-refractivity contribution in [2.75, 3.05) is 9.80 Å². The van der Waals surface area contributed by atoms with Gasteiger partial charge in [0, 0.05) is 45.3 Å². The maximum atomic E-state index is 7.30. The van der Waals surface area contributed by atoms with Crippen LogP contribution in [0.3, 0.4) is 0 Å². The zero-order chi connectivity index (χ0) is 42.3. The molecule has 0 saturated heterocycles. The maximum absolute atomic E-state index is 7.30. The van der Waals surface area contributed by atoms with Gasteiger partial charge < -0.3 is 14.5 Å². The van der Waals surface area contributed by atoms with Gasteiger partial charge in [-0.25, -0.2) is 0 Å². The Bertz CT molecular complexity index is 3090. The molecule has 3 nitrogen and oxygen atoms in total. The van der Waals surface area contributed by atoms with E-state index in [1.165, 1.54) is 77.2 Å². The quantitative estimate of drug-likeness (QED) is 0.127. The number of anilines is 6. The number of para-hydroxylation sites is 2. The van der Waals surface area contributed by atoms with Gasteiger partial charge in [-0.2, -0.15) is 0 Å². The molecule has 2 aliphatic heterocycles. The van der Waals surface area contributed by atoms with Crippen molar-refractivity contribution in [3.8, 4) is 22.6 Å². The van der Waals surface area contributed by atoms with Crippen LogP contribution in [0.1, 0.15) is 52.7 Å². The van der Waals surface area contributed by atoms with Crippen LogP contribution in [0.5, 0.6) is 11.5 Å². The summed E-state index contributed by atoms with van der Waals surface area (Å²) >= 11 is 0. The molecule has 2 aliphatic rings. The van der Waals surface area contributed by atoms with Gasteiger partial charge in [-0.3, -0.25) is 0 Å². The molecule has 0 N–H and O–H groups in total. The third-order valence-electron chi connectivity index (χ3n) is 13.0. The fraction of sp³-hybridized carbons (Fsp3) is 0.138. The Hall–Kier alpha value is -7.04. The Morgan fingerprint density at radius 2 is 0.952 bits per heavy atom. The summed E-state index contributed by atoms with van der Waals surface area (Å²) in [7, 11) is 0. The van der Waals surface area contributed by atoms with Gasteiger partial charge in [0.15, 0.2) is 0 Å². The van der Waals surface area contributed by atoms with Gasteiger partial charge in [0.05, 0.1) is 5.69 Å². The van der Waals surface area contributed by atoms with Crippen LogP contribution in [0.4, 0.5) is 34.1 Å². The summed E-state index contributed by atoms with van der Waals surface area (Å²) in [6.07, 6.45) is 0. The van der Waals surface area contributed by atoms with E-state index in [0.29, 0.717) is 0 Å². The molecule has 0 aliphatic carbocycles. The zero-order valence-corrected chi connectivity index (χ0v) is 36.3. The summed E-state index contributed by atoms with van der Waals surface area (Å²) in [6.45, 7) is 13.8. The molecule has 4 heteroatoms. The predicted molar refractivity (Wildman–Crippen MR) is 265 cm³/mol. The van der Waals surface area contributed by atoms with Crippen molar-refractivity contribution in [2.45, 2.75) is 52.4 Å². The largest absolute Gasteiger partial charge is 0.458 e. The first kappa shape index (κ1) is 37.9. The van der Waals surface area contributed by atoms with E-state index in [1.54, 1.807) is 0 Å². The molecular weight excluding hydrogens is 751 g/mol. The number of ether oxygens (including phenoxy) is 1. The molecule has 0 saturated carbocycles. The number of fused-ring (bicyclic) bond motifs is 6. The van der Waals surface area contributed by atoms with Crippen LogP contribution in [-0.4, -0.2) is 6.71 Å². The minimum atomic E-state index is -0.148. The summed E-state index contributed by atoms with van der Waals surface area (Å²) in [5.74, 6) is 1.80. The molecule has 9 aromatic rings. The van der Waals surface area contributed by atoms with Crippen molar-refractivity contribution in [2.24, 2.45) is 0 Å². The van der Waals surface area contributed by atoms with Gasteiger partial charge in [0.25, 0.3) is 6.71 Å². The second kappa shape index (κ2) is 14.3. The molecule has 300 valence electrons. The number of hydrogen-bond donors (Lipinski definition) is 0. The van der Waals surface area contributed by atoms with Gasteiger partial charge in [-0.15, -0.1) is 0 Å². The number of nitrogens with zero attached hydrogens (tertiary/aromatic N) is 2. The Balaban J connectivity index is 1.21. The van der Waals surface area contributed by atoms with E-state index in [2.05, 4.69) is 239 Å². The molecule has 62 heavy (non-hydrogen) atoms. The van der Waals surface area contributed by atoms with E-state index in [-0.39, 0.29) is 17.5 Å². The third kappa shape index (κ3) is 6.11. The Morgan fingerprint density at radius 1 is 0.435 bits per heavy atom. The first-order valence-electron chi connectivity index (χ1n) is 21.9. The fourth-order valence-corrected chi connectivity index (χ4v) is 9.87. The normalized spacial score (nSPS) is 13.1. The molecule has 0 radical (unpaired) electrons. The van der Waals surface area contributed by atoms with Gasteiger partial charge in [-0.1, -0.05) is 175 Å². The number of rotatable bonds is 5. The second-order valence-electron chi connectivity index (χ2n) is 19.0. The van der Waals surface area contributed by atoms with Crippen LogP contribution in [0.2, 0.25) is 0 Å². The molecule has 0 atom stereocenters. The average molecular weight is 801 g/mol. The minimum Gasteiger partial charge on any atom is -0.458 e. The van der Waals surface area contributed by atoms with Crippen molar-refractivity contribution in [1.29, 1.82) is 0 Å². The van der Waals surface area contributed by atoms with Crippen LogP contribution in [-0.2, 0) is 10.8 Å². The lowest BCUT2D eigenvalue weighted by Gasteiger charge is -2.42. The molecule has 9 aromatic carbocycles. The molecule has 0 bridgehead atoms. The smallest absolute Gasteiger partial charge is 0.256 e. The van der Waals surface area contributed by atoms with Crippen molar-refractivity contribution in [3.63, 3.8) is 0 Å². The van der Waals surface area contributed by atoms with Gasteiger partial charge in [-0.05, 0) is 109 Å². The topological polar surface area (TPSA) is 15.7 Å². The number of benzene rings is 9. The Labute approximate surface area is 366 Å². The fourth-order valence-electron chi connectivity index (χ4n) is 9.87. The first-order valence-corrected chi connectivity index (χ1v) is 21.9. The van der Waals surface area contributed by atoms with Gasteiger partial charge >= 0.3 is 0 Å². The summed E-state index contributed by atoms with van der Waals surface area (Å²) in [5.41, 5.74) is 15.3. The molecule has 2 heterocycles. The number of hydrogen-bond acceptors (Lipinski definition) is 3. The van der Waals surface area contributed by atoms with Crippen molar-refractivity contribution in [3.05, 3.63) is 199 Å². The van der Waals surface area contributed by atoms with E-state index in [0.717, 1.165) is 28.6 Å². The molecule has 0 amide bonds. The van der Waals surface area contributed by atoms with Crippen molar-refractivity contribution in [1.82, 2.24) is 0 Å². The zero-order valence-electron chi connectivity index (χ0n) is 36.3. The van der Waals surface area contributed by atoms with E-state index >= 15 is 0 Å². The predicted octanol–water partition coefficient (Wildman–Crippen LogP) is 14.1. The highest BCUT2D eigenvalue weighted by Crippen LogP contribution is 2.51. The summed E-state index contributed by atoms with van der Waals surface area (Å²) < 4.78 is 7.30. The minimum absolute atomic E-state index is 0.0462. The molecule has 0 fully saturated rings. The lowest BCUT2D eigenvalue weighted by Crippen LogP contribution is -2.59. The molecular formula is C58H49BN2O. The van der Waals surface area contributed by atoms with Crippen LogP contribution < -0.4 is 30.9 Å². The van der Waals surface area contributed by atoms with E-state index in [4.69, 9.17) is 4.74 Å². The standard InChI is InChI=1S/C58H49BN2O/c1-57(2,3)39-30-32-48-50(34-39)61(56-46-28-18-16-26-44(46)54(38-20-10-7-11-21-38)45-27-17-19-29-47(45)56)51-35-40(58(4,5)6)36-53-55(51)59(48)49-33-31-43(37-52(49)62-53)60(41-22-12-8-13-23-41)42-24-14-9-15-25-42/h7-37H,1-6H3. The van der Waals surface area contributed by atoms with E-state index < -0.39 is 0 Å². The van der Waals surface area contributed by atoms with Gasteiger partial charge in [0.2, 0.25) is 0 Å². The van der Waals surface area contributed by atoms with Crippen molar-refractivity contribution >= 4 is 78.8 Å². The van der Waals surface area contributed by atoms with Crippen LogP contribution in [0.25, 0.3) is 32.7 Å². The lowest BCUT2D eigenvalue weighted by atomic mass is 9.34. The second-order valence-corrected chi connectivity index (χ2v) is 19.0. The highest BCUT2D eigenvalue weighted by Gasteiger charge is 2.44. The van der Waals surface area contributed by atoms with Crippen LogP contribution >= 0.6 is 0 Å². The van der Waals surface area contributed by atoms with Crippen molar-refractivity contribution < 1.29 is 4.74 Å². The molecule has 0 unspecified atom stereocenters. The summed E-state index contributed by atoms with van der Waals surface area (Å²) in [4.78, 5) is 4.92. The van der Waals surface area contributed by atoms with Crippen LogP contribution in [0.15, 0.2) is 188 Å². The average Bonchev–Trinajstić information content (AvgIpc) is 3.28. The summed E-state index contributed by atoms with van der Waals surface area (Å²) in [5, 5.41) is 4.90. The first-order chi connectivity index (χ1) is 30.0. The highest BCUT2D eigenvalue weighted by molar-refractivity contribution is 6.99. The van der Waals surface area contributed by atoms with E-state index in [1.807, 2.05) is 0 Å². The molecule has 0 aromatic heterocycles. The van der Waals surface area contributed by atoms with Crippen LogP contribution in [0, 0.1) is 0 Å². The summed E-state index contributed by atoms with van der Waals surface area (Å²) in [6, 6.07) is 69.0. The van der Waals surface area contributed by atoms with Gasteiger partial charge in [0.1, 0.15) is 11.5 Å². The Morgan fingerprint density at radius 3 is 1.53 bits per heavy atom. The lowest BCUT2D eigenvalue weighted by molar-refractivity contribution is 0.483. The highest BCUT2D eigenvalue weighted by atomic mass is 16.5. The molecule has 0 spiro atoms.